The molecule has 0 aliphatic heterocycles. The monoisotopic (exact) mass is 263 g/mol. The Morgan fingerprint density at radius 2 is 1.95 bits per heavy atom. The number of carbonyl (C=O) groups is 2. The zero-order valence-corrected chi connectivity index (χ0v) is 10.1. The number of non-ortho nitro benzene ring substituents is 1. The van der Waals surface area contributed by atoms with Crippen LogP contribution < -0.4 is 0 Å². The van der Waals surface area contributed by atoms with E-state index in [0.29, 0.717) is 0 Å². The van der Waals surface area contributed by atoms with E-state index in [1.54, 1.807) is 0 Å². The lowest BCUT2D eigenvalue weighted by molar-refractivity contribution is -0.384. The third-order valence-corrected chi connectivity index (χ3v) is 2.10. The van der Waals surface area contributed by atoms with Gasteiger partial charge in [-0.2, -0.15) is 0 Å². The first-order valence-corrected chi connectivity index (χ1v) is 4.96. The number of hydrogen-bond donors (Lipinski definition) is 0. The fourth-order valence-electron chi connectivity index (χ4n) is 1.20. The average Bonchev–Trinajstić information content (AvgIpc) is 2.43. The highest BCUT2D eigenvalue weighted by molar-refractivity contribution is 5.94. The van der Waals surface area contributed by atoms with Gasteiger partial charge in [-0.3, -0.25) is 10.1 Å². The quantitative estimate of drug-likeness (QED) is 0.340. The van der Waals surface area contributed by atoms with Crippen LogP contribution >= 0.6 is 0 Å². The second-order valence-electron chi connectivity index (χ2n) is 3.22. The lowest BCUT2D eigenvalue weighted by atomic mass is 10.1. The molecule has 0 bridgehead atoms. The minimum absolute atomic E-state index is 0.0897. The van der Waals surface area contributed by atoms with Crippen molar-refractivity contribution in [1.29, 1.82) is 0 Å². The van der Waals surface area contributed by atoms with Gasteiger partial charge in [0.25, 0.3) is 5.69 Å². The van der Waals surface area contributed by atoms with Gasteiger partial charge in [0.2, 0.25) is 0 Å². The molecule has 19 heavy (non-hydrogen) atoms. The molecule has 7 nitrogen and oxygen atoms in total. The van der Waals surface area contributed by atoms with Gasteiger partial charge >= 0.3 is 11.9 Å². The molecule has 1 rings (SSSR count). The van der Waals surface area contributed by atoms with Crippen molar-refractivity contribution in [3.8, 4) is 11.8 Å². The molecule has 0 amide bonds. The molecule has 1 aromatic rings. The van der Waals surface area contributed by atoms with E-state index in [9.17, 15) is 19.7 Å². The van der Waals surface area contributed by atoms with Crippen LogP contribution in [0, 0.1) is 22.0 Å². The van der Waals surface area contributed by atoms with Gasteiger partial charge in [-0.1, -0.05) is 5.92 Å². The molecule has 0 spiro atoms. The Morgan fingerprint density at radius 1 is 1.26 bits per heavy atom. The standard InChI is InChI=1S/C12H9NO6/c1-18-11(14)6-4-8-3-5-9(13(16)17)7-10(8)12(15)19-2/h3,5,7H,1-2H3. The summed E-state index contributed by atoms with van der Waals surface area (Å²) in [5, 5.41) is 10.6. The minimum atomic E-state index is -0.783. The third-order valence-electron chi connectivity index (χ3n) is 2.10. The Bertz CT molecular complexity index is 596. The highest BCUT2D eigenvalue weighted by Gasteiger charge is 2.16. The number of carbonyl (C=O) groups excluding carboxylic acids is 2. The molecule has 0 unspecified atom stereocenters. The van der Waals surface area contributed by atoms with Crippen LogP contribution in [0.2, 0.25) is 0 Å². The Balaban J connectivity index is 3.30. The second kappa shape index (κ2) is 6.16. The summed E-state index contributed by atoms with van der Waals surface area (Å²) in [6.45, 7) is 0. The zero-order chi connectivity index (χ0) is 14.4. The number of methoxy groups -OCH3 is 2. The molecule has 0 heterocycles. The van der Waals surface area contributed by atoms with Gasteiger partial charge in [-0.05, 0) is 6.07 Å². The maximum atomic E-state index is 11.5. The van der Waals surface area contributed by atoms with Gasteiger partial charge < -0.3 is 9.47 Å². The van der Waals surface area contributed by atoms with E-state index in [1.807, 2.05) is 0 Å². The van der Waals surface area contributed by atoms with Crippen LogP contribution in [0.3, 0.4) is 0 Å². The van der Waals surface area contributed by atoms with Crippen LogP contribution in [0.1, 0.15) is 15.9 Å². The van der Waals surface area contributed by atoms with Gasteiger partial charge in [-0.15, -0.1) is 0 Å². The summed E-state index contributed by atoms with van der Waals surface area (Å²) in [5.74, 6) is 2.96. The van der Waals surface area contributed by atoms with Crippen LogP contribution in [0.15, 0.2) is 18.2 Å². The van der Waals surface area contributed by atoms with Gasteiger partial charge in [0, 0.05) is 23.6 Å². The molecule has 0 saturated heterocycles. The van der Waals surface area contributed by atoms with Gasteiger partial charge in [0.1, 0.15) is 0 Å². The Kier molecular flexibility index (Phi) is 4.60. The molecule has 7 heteroatoms. The fourth-order valence-corrected chi connectivity index (χ4v) is 1.20. The summed E-state index contributed by atoms with van der Waals surface area (Å²) in [6.07, 6.45) is 0. The predicted molar refractivity (Wildman–Crippen MR) is 63.3 cm³/mol. The van der Waals surface area contributed by atoms with Crippen molar-refractivity contribution in [3.05, 3.63) is 39.4 Å². The predicted octanol–water partition coefficient (Wildman–Crippen LogP) is 0.906. The SMILES string of the molecule is COC(=O)C#Cc1ccc([N+](=O)[O-])cc1C(=O)OC. The number of esters is 2. The summed E-state index contributed by atoms with van der Waals surface area (Å²) >= 11 is 0. The van der Waals surface area contributed by atoms with Crippen molar-refractivity contribution in [1.82, 2.24) is 0 Å². The van der Waals surface area contributed by atoms with E-state index in [1.165, 1.54) is 12.1 Å². The Hall–Kier alpha value is -2.88. The molecule has 0 N–H and O–H groups in total. The van der Waals surface area contributed by atoms with E-state index in [2.05, 4.69) is 21.3 Å². The molecule has 0 aromatic heterocycles. The molecular formula is C12H9NO6. The number of ether oxygens (including phenoxy) is 2. The van der Waals surface area contributed by atoms with Crippen molar-refractivity contribution in [2.24, 2.45) is 0 Å². The maximum Gasteiger partial charge on any atom is 0.384 e. The molecule has 0 saturated carbocycles. The van der Waals surface area contributed by atoms with Crippen molar-refractivity contribution in [2.75, 3.05) is 14.2 Å². The molecule has 98 valence electrons. The van der Waals surface area contributed by atoms with E-state index in [4.69, 9.17) is 0 Å². The largest absolute Gasteiger partial charge is 0.465 e. The van der Waals surface area contributed by atoms with Crippen molar-refractivity contribution in [2.45, 2.75) is 0 Å². The molecule has 0 aliphatic rings. The normalized spacial score (nSPS) is 8.95. The summed E-state index contributed by atoms with van der Waals surface area (Å²) in [7, 11) is 2.30. The van der Waals surface area contributed by atoms with E-state index in [0.717, 1.165) is 20.3 Å². The van der Waals surface area contributed by atoms with Crippen LogP contribution in [0.25, 0.3) is 0 Å². The molecule has 0 aliphatic carbocycles. The summed E-state index contributed by atoms with van der Waals surface area (Å²) in [5.41, 5.74) is -0.222. The van der Waals surface area contributed by atoms with Crippen molar-refractivity contribution in [3.63, 3.8) is 0 Å². The van der Waals surface area contributed by atoms with Crippen molar-refractivity contribution < 1.29 is 24.0 Å². The smallest absolute Gasteiger partial charge is 0.384 e. The number of hydrogen-bond acceptors (Lipinski definition) is 6. The zero-order valence-electron chi connectivity index (χ0n) is 10.1. The van der Waals surface area contributed by atoms with Gasteiger partial charge in [-0.25, -0.2) is 9.59 Å². The number of nitro groups is 1. The fraction of sp³-hybridized carbons (Fsp3) is 0.167. The molecule has 0 radical (unpaired) electrons. The molecule has 0 atom stereocenters. The lowest BCUT2D eigenvalue weighted by Gasteiger charge is -2.02. The number of nitro benzene ring substituents is 1. The molecular weight excluding hydrogens is 254 g/mol. The first-order chi connectivity index (χ1) is 8.99. The van der Waals surface area contributed by atoms with Crippen LogP contribution in [-0.2, 0) is 14.3 Å². The Morgan fingerprint density at radius 3 is 2.47 bits per heavy atom. The second-order valence-corrected chi connectivity index (χ2v) is 3.22. The number of benzene rings is 1. The van der Waals surface area contributed by atoms with E-state index >= 15 is 0 Å². The highest BCUT2D eigenvalue weighted by Crippen LogP contribution is 2.18. The Labute approximate surface area is 108 Å². The lowest BCUT2D eigenvalue weighted by Crippen LogP contribution is -2.05. The average molecular weight is 263 g/mol. The minimum Gasteiger partial charge on any atom is -0.465 e. The van der Waals surface area contributed by atoms with Crippen LogP contribution in [0.5, 0.6) is 0 Å². The van der Waals surface area contributed by atoms with E-state index < -0.39 is 16.9 Å². The topological polar surface area (TPSA) is 95.7 Å². The van der Waals surface area contributed by atoms with Crippen molar-refractivity contribution >= 4 is 17.6 Å². The highest BCUT2D eigenvalue weighted by atomic mass is 16.6. The van der Waals surface area contributed by atoms with Crippen LogP contribution in [0.4, 0.5) is 5.69 Å². The number of nitrogens with zero attached hydrogens (tertiary/aromatic N) is 1. The summed E-state index contributed by atoms with van der Waals surface area (Å²) < 4.78 is 8.82. The first-order valence-electron chi connectivity index (χ1n) is 4.96. The van der Waals surface area contributed by atoms with E-state index in [-0.39, 0.29) is 16.8 Å². The first kappa shape index (κ1) is 14.2. The van der Waals surface area contributed by atoms with Crippen LogP contribution in [-0.4, -0.2) is 31.1 Å². The third kappa shape index (κ3) is 3.54. The summed E-state index contributed by atoms with van der Waals surface area (Å²) in [4.78, 5) is 32.4. The molecule has 0 fully saturated rings. The number of rotatable bonds is 2. The molecule has 1 aromatic carbocycles. The van der Waals surface area contributed by atoms with Gasteiger partial charge in [0.05, 0.1) is 24.7 Å². The summed E-state index contributed by atoms with van der Waals surface area (Å²) in [6, 6.07) is 3.47. The van der Waals surface area contributed by atoms with Gasteiger partial charge in [0.15, 0.2) is 0 Å². The maximum absolute atomic E-state index is 11.5.